The van der Waals surface area contributed by atoms with Crippen LogP contribution in [-0.2, 0) is 11.2 Å². The minimum atomic E-state index is -0.0501. The molecule has 0 N–H and O–H groups in total. The summed E-state index contributed by atoms with van der Waals surface area (Å²) in [6.07, 6.45) is 2.87. The summed E-state index contributed by atoms with van der Waals surface area (Å²) >= 11 is 4.85. The number of benzene rings is 2. The van der Waals surface area contributed by atoms with Crippen molar-refractivity contribution in [2.24, 2.45) is 4.99 Å². The van der Waals surface area contributed by atoms with Gasteiger partial charge >= 0.3 is 0 Å². The van der Waals surface area contributed by atoms with E-state index in [-0.39, 0.29) is 5.91 Å². The van der Waals surface area contributed by atoms with Crippen molar-refractivity contribution < 1.29 is 9.53 Å². The summed E-state index contributed by atoms with van der Waals surface area (Å²) < 4.78 is 6.09. The molecule has 3 rings (SSSR count). The van der Waals surface area contributed by atoms with Crippen LogP contribution in [0.1, 0.15) is 18.1 Å². The van der Waals surface area contributed by atoms with Crippen LogP contribution in [0.4, 0.5) is 5.69 Å². The van der Waals surface area contributed by atoms with Gasteiger partial charge in [0.25, 0.3) is 5.91 Å². The lowest BCUT2D eigenvalue weighted by Gasteiger charge is -2.07. The molecular formula is C20H19BrN2O2S. The third-order valence-corrected chi connectivity index (χ3v) is 5.73. The van der Waals surface area contributed by atoms with Crippen LogP contribution >= 0.6 is 27.7 Å². The molecule has 1 saturated heterocycles. The molecule has 4 nitrogen and oxygen atoms in total. The molecule has 1 amide bonds. The van der Waals surface area contributed by atoms with Gasteiger partial charge in [-0.2, -0.15) is 0 Å². The Bertz CT molecular complexity index is 891. The monoisotopic (exact) mass is 430 g/mol. The number of nitrogens with zero attached hydrogens (tertiary/aromatic N) is 2. The second-order valence-electron chi connectivity index (χ2n) is 5.78. The van der Waals surface area contributed by atoms with Crippen molar-refractivity contribution in [1.82, 2.24) is 4.90 Å². The van der Waals surface area contributed by atoms with Gasteiger partial charge in [-0.25, -0.2) is 4.99 Å². The summed E-state index contributed by atoms with van der Waals surface area (Å²) in [6, 6.07) is 13.8. The van der Waals surface area contributed by atoms with Crippen molar-refractivity contribution in [2.75, 3.05) is 14.2 Å². The van der Waals surface area contributed by atoms with Crippen molar-refractivity contribution in [3.05, 3.63) is 63.0 Å². The zero-order chi connectivity index (χ0) is 18.7. The summed E-state index contributed by atoms with van der Waals surface area (Å²) in [5.41, 5.74) is 3.04. The first-order chi connectivity index (χ1) is 12.5. The van der Waals surface area contributed by atoms with E-state index < -0.39 is 0 Å². The Morgan fingerprint density at radius 1 is 1.23 bits per heavy atom. The van der Waals surface area contributed by atoms with Gasteiger partial charge in [0.1, 0.15) is 5.75 Å². The number of amides is 1. The fourth-order valence-electron chi connectivity index (χ4n) is 2.49. The number of methoxy groups -OCH3 is 1. The summed E-state index contributed by atoms with van der Waals surface area (Å²) in [6.45, 7) is 2.12. The summed E-state index contributed by atoms with van der Waals surface area (Å²) in [4.78, 5) is 19.4. The lowest BCUT2D eigenvalue weighted by atomic mass is 10.2. The van der Waals surface area contributed by atoms with Crippen molar-refractivity contribution in [2.45, 2.75) is 13.3 Å². The van der Waals surface area contributed by atoms with Crippen molar-refractivity contribution in [3.8, 4) is 5.75 Å². The Labute approximate surface area is 166 Å². The van der Waals surface area contributed by atoms with E-state index in [1.807, 2.05) is 36.4 Å². The van der Waals surface area contributed by atoms with E-state index in [1.165, 1.54) is 17.3 Å². The molecule has 2 aromatic carbocycles. The number of likely N-dealkylation sites (N-methyl/N-ethyl adjacent to an activating group) is 1. The van der Waals surface area contributed by atoms with E-state index in [2.05, 4.69) is 40.0 Å². The van der Waals surface area contributed by atoms with Crippen LogP contribution in [0.25, 0.3) is 6.08 Å². The Kier molecular flexibility index (Phi) is 5.84. The van der Waals surface area contributed by atoms with Crippen LogP contribution in [0.3, 0.4) is 0 Å². The first-order valence-electron chi connectivity index (χ1n) is 8.20. The van der Waals surface area contributed by atoms with E-state index in [0.29, 0.717) is 10.1 Å². The predicted molar refractivity (Wildman–Crippen MR) is 112 cm³/mol. The second kappa shape index (κ2) is 8.10. The summed E-state index contributed by atoms with van der Waals surface area (Å²) in [5, 5.41) is 0.679. The number of carbonyl (C=O) groups excluding carboxylic acids is 1. The molecule has 0 radical (unpaired) electrons. The fourth-order valence-corrected chi connectivity index (χ4v) is 4.04. The largest absolute Gasteiger partial charge is 0.496 e. The van der Waals surface area contributed by atoms with Gasteiger partial charge in [0.05, 0.1) is 22.2 Å². The van der Waals surface area contributed by atoms with Gasteiger partial charge in [0, 0.05) is 7.05 Å². The third-order valence-electron chi connectivity index (χ3n) is 4.05. The SMILES string of the molecule is CCc1ccc(N=C2S/C(=C/c3ccc(OC)c(Br)c3)C(=O)N2C)cc1. The lowest BCUT2D eigenvalue weighted by molar-refractivity contribution is -0.121. The number of amidine groups is 1. The molecule has 134 valence electrons. The zero-order valence-electron chi connectivity index (χ0n) is 14.8. The molecule has 0 bridgehead atoms. The molecule has 0 aliphatic carbocycles. The molecule has 0 saturated carbocycles. The lowest BCUT2D eigenvalue weighted by Crippen LogP contribution is -2.23. The minimum absolute atomic E-state index is 0.0501. The Balaban J connectivity index is 1.85. The third kappa shape index (κ3) is 4.02. The first kappa shape index (κ1) is 18.7. The Hall–Kier alpha value is -2.05. The average molecular weight is 431 g/mol. The maximum absolute atomic E-state index is 12.5. The number of halogens is 1. The van der Waals surface area contributed by atoms with Crippen LogP contribution in [-0.4, -0.2) is 30.1 Å². The van der Waals surface area contributed by atoms with Crippen molar-refractivity contribution in [3.63, 3.8) is 0 Å². The molecule has 26 heavy (non-hydrogen) atoms. The molecule has 1 fully saturated rings. The molecule has 1 aliphatic heterocycles. The smallest absolute Gasteiger partial charge is 0.266 e. The quantitative estimate of drug-likeness (QED) is 0.621. The van der Waals surface area contributed by atoms with E-state index in [4.69, 9.17) is 4.74 Å². The highest BCUT2D eigenvalue weighted by atomic mass is 79.9. The van der Waals surface area contributed by atoms with Gasteiger partial charge in [0.15, 0.2) is 5.17 Å². The first-order valence-corrected chi connectivity index (χ1v) is 9.81. The van der Waals surface area contributed by atoms with Crippen LogP contribution < -0.4 is 4.74 Å². The van der Waals surface area contributed by atoms with E-state index in [1.54, 1.807) is 19.1 Å². The molecule has 0 atom stereocenters. The van der Waals surface area contributed by atoms with Gasteiger partial charge in [-0.3, -0.25) is 9.69 Å². The van der Waals surface area contributed by atoms with Crippen LogP contribution in [0.2, 0.25) is 0 Å². The van der Waals surface area contributed by atoms with Gasteiger partial charge in [-0.05, 0) is 75.6 Å². The molecule has 0 aromatic heterocycles. The topological polar surface area (TPSA) is 41.9 Å². The molecular weight excluding hydrogens is 412 g/mol. The maximum Gasteiger partial charge on any atom is 0.266 e. The van der Waals surface area contributed by atoms with Crippen LogP contribution in [0.5, 0.6) is 5.75 Å². The summed E-state index contributed by atoms with van der Waals surface area (Å²) in [5.74, 6) is 0.707. The zero-order valence-corrected chi connectivity index (χ0v) is 17.2. The van der Waals surface area contributed by atoms with Gasteiger partial charge in [0.2, 0.25) is 0 Å². The van der Waals surface area contributed by atoms with E-state index in [9.17, 15) is 4.79 Å². The van der Waals surface area contributed by atoms with Gasteiger partial charge < -0.3 is 4.74 Å². The predicted octanol–water partition coefficient (Wildman–Crippen LogP) is 5.25. The molecule has 1 aliphatic rings. The fraction of sp³-hybridized carbons (Fsp3) is 0.200. The maximum atomic E-state index is 12.5. The highest BCUT2D eigenvalue weighted by molar-refractivity contribution is 9.10. The van der Waals surface area contributed by atoms with Crippen molar-refractivity contribution >= 4 is 50.5 Å². The number of rotatable bonds is 4. The highest BCUT2D eigenvalue weighted by Crippen LogP contribution is 2.34. The Morgan fingerprint density at radius 3 is 2.58 bits per heavy atom. The van der Waals surface area contributed by atoms with E-state index >= 15 is 0 Å². The standard InChI is InChI=1S/C20H19BrN2O2S/c1-4-13-5-8-15(9-6-13)22-20-23(2)19(24)18(26-20)12-14-7-10-17(25-3)16(21)11-14/h5-12H,4H2,1-3H3/b18-12+,22-20?. The summed E-state index contributed by atoms with van der Waals surface area (Å²) in [7, 11) is 3.37. The average Bonchev–Trinajstić information content (AvgIpc) is 2.90. The second-order valence-corrected chi connectivity index (χ2v) is 7.65. The number of thioether (sulfide) groups is 1. The highest BCUT2D eigenvalue weighted by Gasteiger charge is 2.30. The molecule has 6 heteroatoms. The molecule has 2 aromatic rings. The van der Waals surface area contributed by atoms with Gasteiger partial charge in [-0.15, -0.1) is 0 Å². The molecule has 0 spiro atoms. The number of hydrogen-bond donors (Lipinski definition) is 0. The minimum Gasteiger partial charge on any atom is -0.496 e. The number of aliphatic imine (C=N–C) groups is 1. The molecule has 0 unspecified atom stereocenters. The number of hydrogen-bond acceptors (Lipinski definition) is 4. The number of carbonyl (C=O) groups is 1. The Morgan fingerprint density at radius 2 is 1.96 bits per heavy atom. The normalized spacial score (nSPS) is 17.4. The van der Waals surface area contributed by atoms with Gasteiger partial charge in [-0.1, -0.05) is 25.1 Å². The van der Waals surface area contributed by atoms with Crippen LogP contribution in [0, 0.1) is 0 Å². The molecule has 1 heterocycles. The number of aryl methyl sites for hydroxylation is 1. The van der Waals surface area contributed by atoms with Crippen LogP contribution in [0.15, 0.2) is 56.8 Å². The number of ether oxygens (including phenoxy) is 1. The van der Waals surface area contributed by atoms with E-state index in [0.717, 1.165) is 27.9 Å². The van der Waals surface area contributed by atoms with Crippen molar-refractivity contribution in [1.29, 1.82) is 0 Å².